The summed E-state index contributed by atoms with van der Waals surface area (Å²) in [6.07, 6.45) is -5.93. The van der Waals surface area contributed by atoms with Gasteiger partial charge in [0.2, 0.25) is 5.89 Å². The molecule has 0 bridgehead atoms. The van der Waals surface area contributed by atoms with E-state index in [-0.39, 0.29) is 5.89 Å². The second-order valence-electron chi connectivity index (χ2n) is 4.08. The van der Waals surface area contributed by atoms with Crippen molar-refractivity contribution in [3.8, 4) is 11.5 Å². The van der Waals surface area contributed by atoms with Gasteiger partial charge in [0.1, 0.15) is 12.2 Å². The van der Waals surface area contributed by atoms with E-state index >= 15 is 0 Å². The van der Waals surface area contributed by atoms with Crippen molar-refractivity contribution in [1.82, 2.24) is 4.98 Å². The molecule has 0 radical (unpaired) electrons. The molecular weight excluding hydrogens is 311 g/mol. The van der Waals surface area contributed by atoms with Gasteiger partial charge in [-0.05, 0) is 24.3 Å². The van der Waals surface area contributed by atoms with E-state index in [0.717, 1.165) is 7.11 Å². The van der Waals surface area contributed by atoms with Gasteiger partial charge in [0.05, 0.1) is 7.11 Å². The predicted octanol–water partition coefficient (Wildman–Crippen LogP) is 3.89. The molecule has 0 saturated heterocycles. The lowest BCUT2D eigenvalue weighted by atomic mass is 10.2. The van der Waals surface area contributed by atoms with Gasteiger partial charge in [-0.15, -0.1) is 0 Å². The molecule has 1 heterocycles. The highest BCUT2D eigenvalue weighted by Gasteiger charge is 2.34. The van der Waals surface area contributed by atoms with Crippen LogP contribution in [-0.4, -0.2) is 24.2 Å². The summed E-state index contributed by atoms with van der Waals surface area (Å²) in [5.74, 6) is -1.68. The summed E-state index contributed by atoms with van der Waals surface area (Å²) in [5.41, 5.74) is -0.0854. The Morgan fingerprint density at radius 2 is 1.95 bits per heavy atom. The number of hydrogen-bond acceptors (Lipinski definition) is 4. The zero-order chi connectivity index (χ0) is 15.6. The molecule has 2 aromatic rings. The minimum atomic E-state index is -4.53. The van der Waals surface area contributed by atoms with E-state index in [1.807, 2.05) is 0 Å². The molecule has 0 aliphatic rings. The number of ether oxygens (including phenoxy) is 1. The topological polar surface area (TPSA) is 52.3 Å². The predicted molar refractivity (Wildman–Crippen MR) is 68.0 cm³/mol. The summed E-state index contributed by atoms with van der Waals surface area (Å²) >= 11 is 5.72. The number of rotatable bonds is 3. The van der Waals surface area contributed by atoms with E-state index < -0.39 is 30.0 Å². The van der Waals surface area contributed by atoms with Crippen LogP contribution in [0.1, 0.15) is 16.2 Å². The van der Waals surface area contributed by atoms with Crippen LogP contribution in [0.5, 0.6) is 0 Å². The number of methoxy groups -OCH3 is 1. The van der Waals surface area contributed by atoms with E-state index in [1.54, 1.807) is 0 Å². The summed E-state index contributed by atoms with van der Waals surface area (Å²) in [7, 11) is 1.05. The average molecular weight is 320 g/mol. The first-order chi connectivity index (χ1) is 9.80. The normalized spacial score (nSPS) is 11.5. The SMILES string of the molecule is COC(=O)c1nc(-c2ccc(Cl)cc2)oc1CC(F)(F)F. The number of carbonyl (C=O) groups is 1. The second kappa shape index (κ2) is 5.77. The highest BCUT2D eigenvalue weighted by molar-refractivity contribution is 6.30. The molecule has 0 saturated carbocycles. The maximum atomic E-state index is 12.5. The summed E-state index contributed by atoms with van der Waals surface area (Å²) in [6, 6.07) is 6.10. The molecule has 0 spiro atoms. The van der Waals surface area contributed by atoms with Crippen LogP contribution in [0.15, 0.2) is 28.7 Å². The molecule has 0 amide bonds. The van der Waals surface area contributed by atoms with E-state index in [2.05, 4.69) is 9.72 Å². The first-order valence-electron chi connectivity index (χ1n) is 5.71. The Balaban J connectivity index is 2.44. The van der Waals surface area contributed by atoms with Gasteiger partial charge in [0.15, 0.2) is 5.69 Å². The van der Waals surface area contributed by atoms with Crippen molar-refractivity contribution < 1.29 is 27.1 Å². The number of carbonyl (C=O) groups excluding carboxylic acids is 1. The second-order valence-corrected chi connectivity index (χ2v) is 4.52. The van der Waals surface area contributed by atoms with Crippen molar-refractivity contribution in [3.63, 3.8) is 0 Å². The first-order valence-corrected chi connectivity index (χ1v) is 6.08. The van der Waals surface area contributed by atoms with Gasteiger partial charge in [-0.2, -0.15) is 13.2 Å². The summed E-state index contributed by atoms with van der Waals surface area (Å²) in [6.45, 7) is 0. The van der Waals surface area contributed by atoms with Gasteiger partial charge in [-0.3, -0.25) is 0 Å². The van der Waals surface area contributed by atoms with Crippen molar-refractivity contribution in [3.05, 3.63) is 40.7 Å². The van der Waals surface area contributed by atoms with Gasteiger partial charge < -0.3 is 9.15 Å². The van der Waals surface area contributed by atoms with Crippen LogP contribution in [0.25, 0.3) is 11.5 Å². The van der Waals surface area contributed by atoms with Crippen LogP contribution >= 0.6 is 11.6 Å². The molecule has 0 N–H and O–H groups in total. The Bertz CT molecular complexity index is 650. The van der Waals surface area contributed by atoms with Gasteiger partial charge in [0, 0.05) is 10.6 Å². The van der Waals surface area contributed by atoms with Gasteiger partial charge >= 0.3 is 12.1 Å². The number of esters is 1. The molecule has 0 aliphatic heterocycles. The van der Waals surface area contributed by atoms with Crippen LogP contribution in [0.3, 0.4) is 0 Å². The third-order valence-corrected chi connectivity index (χ3v) is 2.78. The lowest BCUT2D eigenvalue weighted by Gasteiger charge is -2.03. The van der Waals surface area contributed by atoms with Gasteiger partial charge in [0.25, 0.3) is 0 Å². The molecule has 0 aliphatic carbocycles. The van der Waals surface area contributed by atoms with Crippen molar-refractivity contribution in [2.75, 3.05) is 7.11 Å². The van der Waals surface area contributed by atoms with Crippen LogP contribution in [0, 0.1) is 0 Å². The van der Waals surface area contributed by atoms with Crippen molar-refractivity contribution in [2.45, 2.75) is 12.6 Å². The Labute approximate surface area is 122 Å². The average Bonchev–Trinajstić information content (AvgIpc) is 2.80. The number of aromatic nitrogens is 1. The highest BCUT2D eigenvalue weighted by Crippen LogP contribution is 2.29. The molecule has 0 atom stereocenters. The first kappa shape index (κ1) is 15.4. The number of halogens is 4. The third-order valence-electron chi connectivity index (χ3n) is 2.53. The zero-order valence-electron chi connectivity index (χ0n) is 10.7. The quantitative estimate of drug-likeness (QED) is 0.805. The monoisotopic (exact) mass is 319 g/mol. The van der Waals surface area contributed by atoms with Crippen molar-refractivity contribution >= 4 is 17.6 Å². The largest absolute Gasteiger partial charge is 0.464 e. The smallest absolute Gasteiger partial charge is 0.396 e. The minimum Gasteiger partial charge on any atom is -0.464 e. The third kappa shape index (κ3) is 3.75. The number of hydrogen-bond donors (Lipinski definition) is 0. The summed E-state index contributed by atoms with van der Waals surface area (Å²) < 4.78 is 47.0. The molecule has 0 fully saturated rings. The minimum absolute atomic E-state index is 0.105. The maximum Gasteiger partial charge on any atom is 0.396 e. The molecule has 0 unspecified atom stereocenters. The fourth-order valence-electron chi connectivity index (χ4n) is 1.63. The van der Waals surface area contributed by atoms with E-state index in [4.69, 9.17) is 16.0 Å². The van der Waals surface area contributed by atoms with E-state index in [0.29, 0.717) is 10.6 Å². The van der Waals surface area contributed by atoms with Crippen LogP contribution in [-0.2, 0) is 11.2 Å². The van der Waals surface area contributed by atoms with E-state index in [1.165, 1.54) is 24.3 Å². The number of alkyl halides is 3. The molecule has 2 rings (SSSR count). The van der Waals surface area contributed by atoms with Gasteiger partial charge in [-0.1, -0.05) is 11.6 Å². The summed E-state index contributed by atoms with van der Waals surface area (Å²) in [4.78, 5) is 15.3. The fourth-order valence-corrected chi connectivity index (χ4v) is 1.75. The molecule has 4 nitrogen and oxygen atoms in total. The molecule has 8 heteroatoms. The maximum absolute atomic E-state index is 12.5. The van der Waals surface area contributed by atoms with Crippen LogP contribution in [0.4, 0.5) is 13.2 Å². The van der Waals surface area contributed by atoms with Crippen molar-refractivity contribution in [1.29, 1.82) is 0 Å². The molecular formula is C13H9ClF3NO3. The van der Waals surface area contributed by atoms with Crippen molar-refractivity contribution in [2.24, 2.45) is 0 Å². The van der Waals surface area contributed by atoms with Crippen LogP contribution < -0.4 is 0 Å². The molecule has 1 aromatic heterocycles. The highest BCUT2D eigenvalue weighted by atomic mass is 35.5. The number of benzene rings is 1. The van der Waals surface area contributed by atoms with E-state index in [9.17, 15) is 18.0 Å². The fraction of sp³-hybridized carbons (Fsp3) is 0.231. The standard InChI is InChI=1S/C13H9ClF3NO3/c1-20-12(19)10-9(6-13(15,16)17)21-11(18-10)7-2-4-8(14)5-3-7/h2-5H,6H2,1H3. The Morgan fingerprint density at radius 1 is 1.33 bits per heavy atom. The lowest BCUT2D eigenvalue weighted by molar-refractivity contribution is -0.130. The molecule has 1 aromatic carbocycles. The Hall–Kier alpha value is -2.02. The van der Waals surface area contributed by atoms with Crippen LogP contribution in [0.2, 0.25) is 5.02 Å². The number of nitrogens with zero attached hydrogens (tertiary/aromatic N) is 1. The Kier molecular flexibility index (Phi) is 4.22. The van der Waals surface area contributed by atoms with Gasteiger partial charge in [-0.25, -0.2) is 9.78 Å². The lowest BCUT2D eigenvalue weighted by Crippen LogP contribution is -2.14. The number of oxazole rings is 1. The zero-order valence-corrected chi connectivity index (χ0v) is 11.5. The summed E-state index contributed by atoms with van der Waals surface area (Å²) in [5, 5.41) is 0.453. The molecule has 21 heavy (non-hydrogen) atoms. The molecule has 112 valence electrons. The Morgan fingerprint density at radius 3 is 2.48 bits per heavy atom.